The summed E-state index contributed by atoms with van der Waals surface area (Å²) >= 11 is 15.7. The number of aryl methyl sites for hydroxylation is 4. The SMILES string of the molecule is Cc1[c-]c[c-]c(C)c1/C1=c2\cc/c([nH]2)=C(\c2c(Br)cccc2Br)C2=NC(C=C2)C(c2c(C)[c-]c[c-]c2C)c2ccc([nH]2)/C(c2c(Br)cccc2Br)=C2/C=CC1N2.[Y].[Y].[Y].[Y]. The summed E-state index contributed by atoms with van der Waals surface area (Å²) in [6, 6.07) is 38.4. The second kappa shape index (κ2) is 21.7. The fourth-order valence-corrected chi connectivity index (χ4v) is 11.3. The van der Waals surface area contributed by atoms with Crippen molar-refractivity contribution >= 4 is 86.2 Å². The third-order valence-corrected chi connectivity index (χ3v) is 13.6. The van der Waals surface area contributed by atoms with Crippen molar-refractivity contribution in [1.29, 1.82) is 0 Å². The van der Waals surface area contributed by atoms with Gasteiger partial charge in [0.05, 0.1) is 17.8 Å². The normalized spacial score (nSPS) is 20.6. The third-order valence-electron chi connectivity index (χ3n) is 11.0. The minimum atomic E-state index is -0.209. The van der Waals surface area contributed by atoms with Crippen molar-refractivity contribution in [3.63, 3.8) is 0 Å². The summed E-state index contributed by atoms with van der Waals surface area (Å²) in [5.74, 6) is -0.132. The van der Waals surface area contributed by atoms with Crippen LogP contribution in [0.15, 0.2) is 126 Å². The molecule has 290 valence electrons. The molecule has 3 unspecified atom stereocenters. The molecule has 8 bridgehead atoms. The quantitative estimate of drug-likeness (QED) is 0.151. The topological polar surface area (TPSA) is 56.0 Å². The molecule has 0 aliphatic carbocycles. The Balaban J connectivity index is 0.00000171. The van der Waals surface area contributed by atoms with Gasteiger partial charge < -0.3 is 51.7 Å². The Bertz CT molecular complexity index is 2790. The molecule has 6 aromatic rings. The minimum Gasteiger partial charge on any atom is -0.376 e. The summed E-state index contributed by atoms with van der Waals surface area (Å²) in [7, 11) is 0. The van der Waals surface area contributed by atoms with Gasteiger partial charge in [-0.2, -0.15) is 0 Å². The zero-order chi connectivity index (χ0) is 38.8. The van der Waals surface area contributed by atoms with Gasteiger partial charge in [-0.3, -0.25) is 32.8 Å². The van der Waals surface area contributed by atoms with E-state index in [0.717, 1.165) is 107 Å². The van der Waals surface area contributed by atoms with Crippen LogP contribution in [0.4, 0.5) is 0 Å². The molecular formula is C48H34Br4N4Y4-4. The maximum Gasteiger partial charge on any atom is 0.0678 e. The van der Waals surface area contributed by atoms with E-state index in [1.165, 1.54) is 5.56 Å². The molecule has 0 amide bonds. The minimum absolute atomic E-state index is 0. The molecule has 3 aliphatic rings. The largest absolute Gasteiger partial charge is 0.376 e. The first kappa shape index (κ1) is 51.2. The van der Waals surface area contributed by atoms with E-state index in [9.17, 15) is 0 Å². The summed E-state index contributed by atoms with van der Waals surface area (Å²) in [6.07, 6.45) is 8.90. The van der Waals surface area contributed by atoms with Crippen LogP contribution in [0, 0.1) is 52.0 Å². The molecule has 4 nitrogen and oxygen atoms in total. The van der Waals surface area contributed by atoms with Crippen LogP contribution in [0.1, 0.15) is 61.8 Å². The molecule has 4 radical (unpaired) electrons. The molecule has 4 aromatic carbocycles. The number of hydrogen-bond donors (Lipinski definition) is 3. The van der Waals surface area contributed by atoms with E-state index in [1.807, 2.05) is 24.3 Å². The van der Waals surface area contributed by atoms with Crippen LogP contribution in [0.25, 0.3) is 16.7 Å². The fraction of sp³-hybridized carbons (Fsp3) is 0.146. The molecule has 12 heteroatoms. The molecule has 9 rings (SSSR count). The number of allylic oxidation sites excluding steroid dienone is 2. The van der Waals surface area contributed by atoms with E-state index < -0.39 is 0 Å². The van der Waals surface area contributed by atoms with Crippen molar-refractivity contribution in [1.82, 2.24) is 15.3 Å². The molecule has 0 saturated carbocycles. The average Bonchev–Trinajstić information content (AvgIpc) is 4.00. The van der Waals surface area contributed by atoms with Gasteiger partial charge in [0, 0.05) is 199 Å². The van der Waals surface area contributed by atoms with Crippen LogP contribution >= 0.6 is 63.7 Å². The zero-order valence-electron chi connectivity index (χ0n) is 33.2. The molecular weight excluding hydrogens is 1310 g/mol. The number of halogens is 4. The van der Waals surface area contributed by atoms with E-state index in [4.69, 9.17) is 4.99 Å². The molecule has 0 fully saturated rings. The number of H-pyrrole nitrogens is 2. The molecule has 2 aromatic heterocycles. The van der Waals surface area contributed by atoms with Gasteiger partial charge in [0.2, 0.25) is 0 Å². The molecule has 3 atom stereocenters. The number of aliphatic imine (C=N–C) groups is 1. The van der Waals surface area contributed by atoms with E-state index in [2.05, 4.69) is 204 Å². The van der Waals surface area contributed by atoms with Crippen molar-refractivity contribution in [2.75, 3.05) is 0 Å². The van der Waals surface area contributed by atoms with Gasteiger partial charge in [-0.15, -0.1) is 5.57 Å². The molecule has 0 spiro atoms. The van der Waals surface area contributed by atoms with Crippen LogP contribution in [-0.4, -0.2) is 27.8 Å². The number of benzene rings is 4. The van der Waals surface area contributed by atoms with Crippen molar-refractivity contribution in [3.05, 3.63) is 212 Å². The zero-order valence-corrected chi connectivity index (χ0v) is 50.9. The second-order valence-corrected chi connectivity index (χ2v) is 17.8. The first-order valence-corrected chi connectivity index (χ1v) is 21.5. The first-order chi connectivity index (χ1) is 27.1. The Labute approximate surface area is 486 Å². The van der Waals surface area contributed by atoms with Gasteiger partial charge >= 0.3 is 0 Å². The van der Waals surface area contributed by atoms with Gasteiger partial charge in [-0.05, 0) is 66.6 Å². The van der Waals surface area contributed by atoms with Crippen molar-refractivity contribution in [3.8, 4) is 0 Å². The standard InChI is InChI=1S/C48H34Br4N4.4Y/c1-25-9-5-10-26(2)41(25)45-33-17-21-37(53-33)47(43-29(49)13-7-14-30(43)50)39-23-19-35(55-39)46(42-27(3)11-6-12-28(42)4)36-20-24-40(56-36)48(38-22-18-34(45)54-38)44-31(51)15-8-16-32(44)52;;;;/h5-8,13-24,33,36,45,54-56H,1-4H3;;;;/q-4;;;;/b46-35+,47-39+,48-40+;;;;. The van der Waals surface area contributed by atoms with Crippen molar-refractivity contribution in [2.45, 2.75) is 45.7 Å². The Hall–Kier alpha value is 0.206. The van der Waals surface area contributed by atoms with Gasteiger partial charge in [-0.1, -0.05) is 116 Å². The molecule has 3 aliphatic heterocycles. The number of aromatic nitrogens is 2. The number of nitrogens with one attached hydrogen (secondary N) is 3. The van der Waals surface area contributed by atoms with E-state index in [1.54, 1.807) is 0 Å². The smallest absolute Gasteiger partial charge is 0.0678 e. The van der Waals surface area contributed by atoms with Gasteiger partial charge in [0.15, 0.2) is 0 Å². The maximum atomic E-state index is 5.61. The summed E-state index contributed by atoms with van der Waals surface area (Å²) in [5, 5.41) is 5.94. The van der Waals surface area contributed by atoms with Gasteiger partial charge in [0.25, 0.3) is 0 Å². The van der Waals surface area contributed by atoms with E-state index in [-0.39, 0.29) is 149 Å². The summed E-state index contributed by atoms with van der Waals surface area (Å²) in [4.78, 5) is 13.5. The Morgan fingerprint density at radius 3 is 1.72 bits per heavy atom. The monoisotopic (exact) mass is 1340 g/mol. The maximum absolute atomic E-state index is 5.61. The fourth-order valence-electron chi connectivity index (χ4n) is 8.48. The van der Waals surface area contributed by atoms with Gasteiger partial charge in [-0.25, -0.2) is 5.56 Å². The third kappa shape index (κ3) is 9.69. The number of hydrogen-bond acceptors (Lipinski definition) is 2. The van der Waals surface area contributed by atoms with Crippen LogP contribution < -0.4 is 16.0 Å². The summed E-state index contributed by atoms with van der Waals surface area (Å²) < 4.78 is 3.92. The number of aromatic amines is 2. The van der Waals surface area contributed by atoms with Gasteiger partial charge in [0.1, 0.15) is 0 Å². The molecule has 0 saturated heterocycles. The molecule has 5 heterocycles. The second-order valence-electron chi connectivity index (χ2n) is 14.4. The van der Waals surface area contributed by atoms with Crippen LogP contribution in [0.5, 0.6) is 0 Å². The predicted molar refractivity (Wildman–Crippen MR) is 241 cm³/mol. The van der Waals surface area contributed by atoms with Crippen LogP contribution in [0.2, 0.25) is 0 Å². The average molecular weight is 1340 g/mol. The van der Waals surface area contributed by atoms with E-state index >= 15 is 0 Å². The molecule has 60 heavy (non-hydrogen) atoms. The predicted octanol–water partition coefficient (Wildman–Crippen LogP) is 10.7. The Morgan fingerprint density at radius 1 is 0.567 bits per heavy atom. The van der Waals surface area contributed by atoms with Crippen LogP contribution in [-0.2, 0) is 131 Å². The van der Waals surface area contributed by atoms with Crippen molar-refractivity contribution < 1.29 is 131 Å². The first-order valence-electron chi connectivity index (χ1n) is 18.4. The summed E-state index contributed by atoms with van der Waals surface area (Å²) in [6.45, 7) is 8.53. The number of fused-ring (bicyclic) bond motifs is 7. The Kier molecular flexibility index (Phi) is 18.5. The summed E-state index contributed by atoms with van der Waals surface area (Å²) in [5.41, 5.74) is 15.8. The van der Waals surface area contributed by atoms with E-state index in [0.29, 0.717) is 0 Å². The number of rotatable bonds is 4. The number of nitrogens with zero attached hydrogens (tertiary/aromatic N) is 1. The van der Waals surface area contributed by atoms with Crippen molar-refractivity contribution in [2.24, 2.45) is 4.99 Å². The molecule has 3 N–H and O–H groups in total. The Morgan fingerprint density at radius 2 is 1.12 bits per heavy atom. The van der Waals surface area contributed by atoms with Crippen LogP contribution in [0.3, 0.4) is 0 Å².